The van der Waals surface area contributed by atoms with Gasteiger partial charge in [0.25, 0.3) is 0 Å². The summed E-state index contributed by atoms with van der Waals surface area (Å²) in [5, 5.41) is 12.4. The van der Waals surface area contributed by atoms with Crippen molar-refractivity contribution in [2.24, 2.45) is 5.92 Å². The molecule has 1 aliphatic carbocycles. The van der Waals surface area contributed by atoms with Gasteiger partial charge >= 0.3 is 5.97 Å². The first-order valence-corrected chi connectivity index (χ1v) is 6.75. The fourth-order valence-corrected chi connectivity index (χ4v) is 2.58. The first-order valence-electron chi connectivity index (χ1n) is 6.75. The van der Waals surface area contributed by atoms with Gasteiger partial charge in [-0.15, -0.1) is 0 Å². The van der Waals surface area contributed by atoms with Gasteiger partial charge in [0.15, 0.2) is 0 Å². The molecule has 2 rings (SSSR count). The maximum Gasteiger partial charge on any atom is 0.335 e. The van der Waals surface area contributed by atoms with Crippen molar-refractivity contribution < 1.29 is 9.90 Å². The minimum atomic E-state index is -0.871. The van der Waals surface area contributed by atoms with Crippen molar-refractivity contribution in [3.8, 4) is 0 Å². The summed E-state index contributed by atoms with van der Waals surface area (Å²) >= 11 is 0. The van der Waals surface area contributed by atoms with E-state index in [2.05, 4.69) is 12.2 Å². The minimum absolute atomic E-state index is 0.343. The highest BCUT2D eigenvalue weighted by molar-refractivity contribution is 5.87. The molecule has 0 saturated heterocycles. The number of hydrogen-bond acceptors (Lipinski definition) is 2. The molecule has 1 aromatic rings. The van der Waals surface area contributed by atoms with Crippen LogP contribution in [-0.4, -0.2) is 17.1 Å². The van der Waals surface area contributed by atoms with Gasteiger partial charge in [-0.2, -0.15) is 0 Å². The van der Waals surface area contributed by atoms with Crippen LogP contribution in [-0.2, 0) is 0 Å². The summed E-state index contributed by atoms with van der Waals surface area (Å²) in [6, 6.07) is 7.56. The van der Waals surface area contributed by atoms with Crippen LogP contribution < -0.4 is 5.32 Å². The van der Waals surface area contributed by atoms with Gasteiger partial charge in [0.1, 0.15) is 0 Å². The maximum absolute atomic E-state index is 10.8. The quantitative estimate of drug-likeness (QED) is 0.799. The molecule has 0 radical (unpaired) electrons. The van der Waals surface area contributed by atoms with Gasteiger partial charge in [-0.05, 0) is 49.4 Å². The van der Waals surface area contributed by atoms with E-state index in [1.165, 1.54) is 32.1 Å². The van der Waals surface area contributed by atoms with Crippen molar-refractivity contribution in [2.45, 2.75) is 45.1 Å². The molecule has 0 heterocycles. The molecule has 3 nitrogen and oxygen atoms in total. The molecular weight excluding hydrogens is 226 g/mol. The third-order valence-electron chi connectivity index (χ3n) is 3.76. The summed E-state index contributed by atoms with van der Waals surface area (Å²) in [6.45, 7) is 2.32. The number of carboxylic acid groups (broad SMARTS) is 1. The molecule has 2 atom stereocenters. The van der Waals surface area contributed by atoms with Crippen molar-refractivity contribution in [2.75, 3.05) is 5.32 Å². The summed E-state index contributed by atoms with van der Waals surface area (Å²) in [5.74, 6) is -0.0315. The van der Waals surface area contributed by atoms with Crippen LogP contribution in [0.15, 0.2) is 24.3 Å². The number of anilines is 1. The topological polar surface area (TPSA) is 49.3 Å². The zero-order valence-electron chi connectivity index (χ0n) is 10.9. The summed E-state index contributed by atoms with van der Waals surface area (Å²) in [4.78, 5) is 10.8. The van der Waals surface area contributed by atoms with Crippen molar-refractivity contribution >= 4 is 11.7 Å². The first-order chi connectivity index (χ1) is 8.65. The number of carbonyl (C=O) groups is 1. The lowest BCUT2D eigenvalue weighted by Gasteiger charge is -2.17. The van der Waals surface area contributed by atoms with E-state index in [9.17, 15) is 4.79 Å². The third-order valence-corrected chi connectivity index (χ3v) is 3.76. The Hall–Kier alpha value is -1.51. The molecule has 1 aromatic carbocycles. The summed E-state index contributed by atoms with van der Waals surface area (Å²) in [6.07, 6.45) is 6.32. The van der Waals surface area contributed by atoms with Gasteiger partial charge < -0.3 is 10.4 Å². The molecule has 2 N–H and O–H groups in total. The number of carboxylic acids is 1. The standard InChI is InChI=1S/C15H21NO2/c1-11-3-2-4-13(8-5-11)16-14-9-6-12(7-10-14)15(17)18/h6-7,9-11,13,16H,2-5,8H2,1H3,(H,17,18). The Labute approximate surface area is 108 Å². The van der Waals surface area contributed by atoms with E-state index < -0.39 is 5.97 Å². The van der Waals surface area contributed by atoms with Crippen LogP contribution in [0.2, 0.25) is 0 Å². The Kier molecular flexibility index (Phi) is 4.24. The number of aromatic carboxylic acids is 1. The fraction of sp³-hybridized carbons (Fsp3) is 0.533. The predicted molar refractivity (Wildman–Crippen MR) is 73.1 cm³/mol. The second kappa shape index (κ2) is 5.89. The summed E-state index contributed by atoms with van der Waals surface area (Å²) in [7, 11) is 0. The molecule has 1 aliphatic rings. The van der Waals surface area contributed by atoms with E-state index in [1.54, 1.807) is 12.1 Å². The molecule has 1 saturated carbocycles. The van der Waals surface area contributed by atoms with E-state index in [-0.39, 0.29) is 0 Å². The maximum atomic E-state index is 10.8. The van der Waals surface area contributed by atoms with Crippen LogP contribution in [0.4, 0.5) is 5.69 Å². The molecule has 0 aromatic heterocycles. The highest BCUT2D eigenvalue weighted by Crippen LogP contribution is 2.25. The monoisotopic (exact) mass is 247 g/mol. The summed E-state index contributed by atoms with van der Waals surface area (Å²) in [5.41, 5.74) is 1.37. The van der Waals surface area contributed by atoms with Crippen LogP contribution in [0.1, 0.15) is 49.4 Å². The van der Waals surface area contributed by atoms with Crippen LogP contribution in [0.5, 0.6) is 0 Å². The normalized spacial score (nSPS) is 24.3. The largest absolute Gasteiger partial charge is 0.478 e. The Balaban J connectivity index is 1.94. The van der Waals surface area contributed by atoms with Gasteiger partial charge in [-0.1, -0.05) is 19.8 Å². The van der Waals surface area contributed by atoms with Gasteiger partial charge in [-0.25, -0.2) is 4.79 Å². The van der Waals surface area contributed by atoms with Crippen molar-refractivity contribution in [3.05, 3.63) is 29.8 Å². The molecule has 3 heteroatoms. The fourth-order valence-electron chi connectivity index (χ4n) is 2.58. The average molecular weight is 247 g/mol. The van der Waals surface area contributed by atoms with Crippen LogP contribution in [0, 0.1) is 5.92 Å². The number of nitrogens with one attached hydrogen (secondary N) is 1. The Morgan fingerprint density at radius 1 is 1.17 bits per heavy atom. The lowest BCUT2D eigenvalue weighted by molar-refractivity contribution is 0.0697. The zero-order chi connectivity index (χ0) is 13.0. The zero-order valence-corrected chi connectivity index (χ0v) is 10.9. The van der Waals surface area contributed by atoms with Crippen molar-refractivity contribution in [1.82, 2.24) is 0 Å². The first kappa shape index (κ1) is 12.9. The van der Waals surface area contributed by atoms with E-state index in [1.807, 2.05) is 12.1 Å². The predicted octanol–water partition coefficient (Wildman–Crippen LogP) is 3.77. The summed E-state index contributed by atoms with van der Waals surface area (Å²) < 4.78 is 0. The molecule has 1 fully saturated rings. The van der Waals surface area contributed by atoms with E-state index >= 15 is 0 Å². The van der Waals surface area contributed by atoms with Gasteiger partial charge in [0.05, 0.1) is 5.56 Å². The second-order valence-electron chi connectivity index (χ2n) is 5.34. The lowest BCUT2D eigenvalue weighted by atomic mass is 10.0. The molecule has 0 spiro atoms. The molecule has 0 aliphatic heterocycles. The lowest BCUT2D eigenvalue weighted by Crippen LogP contribution is -2.18. The third kappa shape index (κ3) is 3.49. The van der Waals surface area contributed by atoms with Crippen LogP contribution >= 0.6 is 0 Å². The van der Waals surface area contributed by atoms with E-state index in [0.29, 0.717) is 11.6 Å². The van der Waals surface area contributed by atoms with Crippen LogP contribution in [0.25, 0.3) is 0 Å². The van der Waals surface area contributed by atoms with Gasteiger partial charge in [0, 0.05) is 11.7 Å². The molecular formula is C15H21NO2. The highest BCUT2D eigenvalue weighted by Gasteiger charge is 2.15. The van der Waals surface area contributed by atoms with Gasteiger partial charge in [-0.3, -0.25) is 0 Å². The molecule has 18 heavy (non-hydrogen) atoms. The van der Waals surface area contributed by atoms with E-state index in [4.69, 9.17) is 5.11 Å². The number of rotatable bonds is 3. The molecule has 2 unspecified atom stereocenters. The highest BCUT2D eigenvalue weighted by atomic mass is 16.4. The minimum Gasteiger partial charge on any atom is -0.478 e. The molecule has 0 amide bonds. The Morgan fingerprint density at radius 3 is 2.56 bits per heavy atom. The van der Waals surface area contributed by atoms with E-state index in [0.717, 1.165) is 11.6 Å². The average Bonchev–Trinajstić information content (AvgIpc) is 2.55. The second-order valence-corrected chi connectivity index (χ2v) is 5.34. The molecule has 98 valence electrons. The van der Waals surface area contributed by atoms with Gasteiger partial charge in [0.2, 0.25) is 0 Å². The van der Waals surface area contributed by atoms with Crippen LogP contribution in [0.3, 0.4) is 0 Å². The SMILES string of the molecule is CC1CCCC(Nc2ccc(C(=O)O)cc2)CC1. The Morgan fingerprint density at radius 2 is 1.89 bits per heavy atom. The molecule has 0 bridgehead atoms. The van der Waals surface area contributed by atoms with Crippen molar-refractivity contribution in [3.63, 3.8) is 0 Å². The number of benzene rings is 1. The smallest absolute Gasteiger partial charge is 0.335 e. The number of hydrogen-bond donors (Lipinski definition) is 2. The van der Waals surface area contributed by atoms with Crippen molar-refractivity contribution in [1.29, 1.82) is 0 Å². The Bertz CT molecular complexity index is 399.